The molecule has 0 saturated heterocycles. The molecule has 0 fully saturated rings. The molecule has 0 atom stereocenters. The van der Waals surface area contributed by atoms with Gasteiger partial charge >= 0.3 is 5.97 Å². The molecular formula is C7H8O3. The first kappa shape index (κ1) is 8.70. The van der Waals surface area contributed by atoms with Crippen LogP contribution in [0, 0.1) is 11.8 Å². The molecule has 0 radical (unpaired) electrons. The fourth-order valence-corrected chi connectivity index (χ4v) is 0.306. The maximum atomic E-state index is 10.4. The third-order valence-corrected chi connectivity index (χ3v) is 0.616. The minimum Gasteiger partial charge on any atom is -0.456 e. The summed E-state index contributed by atoms with van der Waals surface area (Å²) in [6.45, 7) is 3.24. The van der Waals surface area contributed by atoms with Crippen LogP contribution in [0.5, 0.6) is 0 Å². The van der Waals surface area contributed by atoms with E-state index in [4.69, 9.17) is 0 Å². The molecule has 10 heavy (non-hydrogen) atoms. The molecule has 0 bridgehead atoms. The van der Waals surface area contributed by atoms with Crippen LogP contribution in [0.2, 0.25) is 0 Å². The summed E-state index contributed by atoms with van der Waals surface area (Å²) < 4.78 is 4.43. The van der Waals surface area contributed by atoms with Crippen molar-refractivity contribution in [1.82, 2.24) is 0 Å². The zero-order chi connectivity index (χ0) is 7.98. The van der Waals surface area contributed by atoms with Crippen molar-refractivity contribution in [2.75, 3.05) is 6.61 Å². The van der Waals surface area contributed by atoms with Crippen LogP contribution in [0.1, 0.15) is 13.8 Å². The lowest BCUT2D eigenvalue weighted by Gasteiger charge is -1.89. The second kappa shape index (κ2) is 4.57. The molecule has 0 aromatic carbocycles. The van der Waals surface area contributed by atoms with E-state index in [9.17, 15) is 9.59 Å². The third-order valence-electron chi connectivity index (χ3n) is 0.616. The van der Waals surface area contributed by atoms with Gasteiger partial charge in [0.25, 0.3) is 0 Å². The maximum absolute atomic E-state index is 10.4. The van der Waals surface area contributed by atoms with Crippen molar-refractivity contribution < 1.29 is 14.3 Å². The van der Waals surface area contributed by atoms with Gasteiger partial charge in [-0.05, 0) is 12.8 Å². The van der Waals surface area contributed by atoms with Crippen LogP contribution in [0.25, 0.3) is 0 Å². The Morgan fingerprint density at radius 3 is 2.40 bits per heavy atom. The van der Waals surface area contributed by atoms with Gasteiger partial charge in [0.1, 0.15) is 0 Å². The average molecular weight is 140 g/mol. The van der Waals surface area contributed by atoms with Gasteiger partial charge in [-0.1, -0.05) is 0 Å². The topological polar surface area (TPSA) is 43.4 Å². The Morgan fingerprint density at radius 2 is 2.00 bits per heavy atom. The van der Waals surface area contributed by atoms with E-state index < -0.39 is 5.97 Å². The van der Waals surface area contributed by atoms with Crippen LogP contribution in [0.4, 0.5) is 0 Å². The van der Waals surface area contributed by atoms with E-state index in [1.54, 1.807) is 6.92 Å². The van der Waals surface area contributed by atoms with Crippen molar-refractivity contribution >= 4 is 11.8 Å². The van der Waals surface area contributed by atoms with E-state index in [1.165, 1.54) is 6.92 Å². The van der Waals surface area contributed by atoms with Crippen molar-refractivity contribution in [3.8, 4) is 11.8 Å². The number of Topliss-reactive ketones (excluding diaryl/α,β-unsaturated/α-hetero) is 1. The molecule has 0 rings (SSSR count). The Labute approximate surface area is 59.4 Å². The molecule has 54 valence electrons. The number of ether oxygens (including phenoxy) is 1. The average Bonchev–Trinajstić information content (AvgIpc) is 1.85. The van der Waals surface area contributed by atoms with Crippen LogP contribution in [-0.4, -0.2) is 18.4 Å². The zero-order valence-electron chi connectivity index (χ0n) is 5.93. The minimum absolute atomic E-state index is 0.283. The maximum Gasteiger partial charge on any atom is 0.384 e. The molecule has 0 heterocycles. The molecule has 0 unspecified atom stereocenters. The standard InChI is InChI=1S/C7H8O3/c1-3-10-7(9)5-4-6(2)8/h3H2,1-2H3. The highest BCUT2D eigenvalue weighted by Gasteiger charge is 1.91. The molecule has 0 aromatic heterocycles. The Hall–Kier alpha value is -1.30. The fourth-order valence-electron chi connectivity index (χ4n) is 0.306. The first-order valence-electron chi connectivity index (χ1n) is 2.86. The van der Waals surface area contributed by atoms with Gasteiger partial charge in [-0.3, -0.25) is 4.79 Å². The molecule has 0 aromatic rings. The van der Waals surface area contributed by atoms with E-state index >= 15 is 0 Å². The second-order valence-corrected chi connectivity index (χ2v) is 1.53. The summed E-state index contributed by atoms with van der Waals surface area (Å²) in [5.41, 5.74) is 0. The summed E-state index contributed by atoms with van der Waals surface area (Å²) in [4.78, 5) is 20.6. The van der Waals surface area contributed by atoms with E-state index in [0.717, 1.165) is 0 Å². The van der Waals surface area contributed by atoms with Gasteiger partial charge in [0.2, 0.25) is 5.78 Å². The van der Waals surface area contributed by atoms with Gasteiger partial charge < -0.3 is 4.74 Å². The van der Waals surface area contributed by atoms with Gasteiger partial charge in [-0.15, -0.1) is 0 Å². The number of hydrogen-bond acceptors (Lipinski definition) is 3. The Bertz CT molecular complexity index is 195. The van der Waals surface area contributed by atoms with Crippen LogP contribution >= 0.6 is 0 Å². The number of rotatable bonds is 1. The van der Waals surface area contributed by atoms with Gasteiger partial charge in [0, 0.05) is 12.8 Å². The molecule has 0 saturated carbocycles. The molecule has 0 spiro atoms. The van der Waals surface area contributed by atoms with Crippen molar-refractivity contribution in [3.05, 3.63) is 0 Å². The number of carbonyl (C=O) groups is 2. The predicted octanol–water partition coefficient (Wildman–Crippen LogP) is 0.142. The van der Waals surface area contributed by atoms with E-state index in [2.05, 4.69) is 10.7 Å². The predicted molar refractivity (Wildman–Crippen MR) is 35.1 cm³/mol. The van der Waals surface area contributed by atoms with Crippen molar-refractivity contribution in [2.24, 2.45) is 0 Å². The van der Waals surface area contributed by atoms with Gasteiger partial charge in [0.15, 0.2) is 0 Å². The molecule has 0 N–H and O–H groups in total. The van der Waals surface area contributed by atoms with Crippen LogP contribution in [-0.2, 0) is 14.3 Å². The Kier molecular flexibility index (Phi) is 3.97. The van der Waals surface area contributed by atoms with Gasteiger partial charge in [-0.2, -0.15) is 0 Å². The number of hydrogen-bond donors (Lipinski definition) is 0. The summed E-state index contributed by atoms with van der Waals surface area (Å²) in [6, 6.07) is 0. The highest BCUT2D eigenvalue weighted by atomic mass is 16.5. The third kappa shape index (κ3) is 4.85. The van der Waals surface area contributed by atoms with Crippen LogP contribution in [0.15, 0.2) is 0 Å². The summed E-state index contributed by atoms with van der Waals surface area (Å²) in [5, 5.41) is 0. The van der Waals surface area contributed by atoms with Crippen molar-refractivity contribution in [1.29, 1.82) is 0 Å². The van der Waals surface area contributed by atoms with Crippen molar-refractivity contribution in [3.63, 3.8) is 0 Å². The lowest BCUT2D eigenvalue weighted by atomic mass is 10.4. The van der Waals surface area contributed by atoms with Gasteiger partial charge in [-0.25, -0.2) is 4.79 Å². The fraction of sp³-hybridized carbons (Fsp3) is 0.429. The van der Waals surface area contributed by atoms with E-state index in [0.29, 0.717) is 0 Å². The smallest absolute Gasteiger partial charge is 0.384 e. The normalized spacial score (nSPS) is 7.40. The largest absolute Gasteiger partial charge is 0.456 e. The molecule has 0 amide bonds. The Morgan fingerprint density at radius 1 is 1.40 bits per heavy atom. The molecule has 0 aliphatic carbocycles. The molecule has 3 nitrogen and oxygen atoms in total. The van der Waals surface area contributed by atoms with Crippen molar-refractivity contribution in [2.45, 2.75) is 13.8 Å². The molecule has 3 heteroatoms. The first-order valence-corrected chi connectivity index (χ1v) is 2.86. The van der Waals surface area contributed by atoms with E-state index in [1.807, 2.05) is 5.92 Å². The van der Waals surface area contributed by atoms with Gasteiger partial charge in [0.05, 0.1) is 6.61 Å². The second-order valence-electron chi connectivity index (χ2n) is 1.53. The lowest BCUT2D eigenvalue weighted by molar-refractivity contribution is -0.136. The van der Waals surface area contributed by atoms with Crippen LogP contribution < -0.4 is 0 Å². The summed E-state index contributed by atoms with van der Waals surface area (Å²) >= 11 is 0. The summed E-state index contributed by atoms with van der Waals surface area (Å²) in [5.74, 6) is 3.09. The summed E-state index contributed by atoms with van der Waals surface area (Å²) in [6.07, 6.45) is 0. The monoisotopic (exact) mass is 140 g/mol. The molecular weight excluding hydrogens is 132 g/mol. The minimum atomic E-state index is -0.655. The van der Waals surface area contributed by atoms with E-state index in [-0.39, 0.29) is 12.4 Å². The summed E-state index contributed by atoms with van der Waals surface area (Å²) in [7, 11) is 0. The highest BCUT2D eigenvalue weighted by Crippen LogP contribution is 1.73. The molecule has 0 aliphatic rings. The number of ketones is 1. The number of carbonyl (C=O) groups excluding carboxylic acids is 2. The Balaban J connectivity index is 3.81. The molecule has 0 aliphatic heterocycles. The van der Waals surface area contributed by atoms with Crippen LogP contribution in [0.3, 0.4) is 0 Å². The first-order chi connectivity index (χ1) is 4.66. The lowest BCUT2D eigenvalue weighted by Crippen LogP contribution is -2.00. The highest BCUT2D eigenvalue weighted by molar-refractivity contribution is 6.00. The number of esters is 1. The SMILES string of the molecule is CCOC(=O)C#CC(C)=O. The quantitative estimate of drug-likeness (QED) is 0.225. The zero-order valence-corrected chi connectivity index (χ0v) is 5.93.